The predicted molar refractivity (Wildman–Crippen MR) is 207 cm³/mol. The minimum absolute atomic E-state index is 0.631. The largest absolute Gasteiger partial charge is 0.307 e. The van der Waals surface area contributed by atoms with E-state index in [0.29, 0.717) is 17.5 Å². The van der Waals surface area contributed by atoms with Gasteiger partial charge < -0.3 is 4.57 Å². The Balaban J connectivity index is 1.18. The van der Waals surface area contributed by atoms with E-state index >= 15 is 0 Å². The molecule has 0 saturated heterocycles. The third kappa shape index (κ3) is 4.69. The van der Waals surface area contributed by atoms with Crippen LogP contribution >= 0.6 is 11.3 Å². The first-order valence-electron chi connectivity index (χ1n) is 16.6. The average molecular weight is 658 g/mol. The molecule has 0 unspecified atom stereocenters. The number of thiophene rings is 1. The highest BCUT2D eigenvalue weighted by atomic mass is 32.1. The molecule has 0 bridgehead atoms. The molecule has 0 radical (unpaired) electrons. The molecule has 50 heavy (non-hydrogen) atoms. The zero-order chi connectivity index (χ0) is 33.0. The van der Waals surface area contributed by atoms with Gasteiger partial charge in [0.2, 0.25) is 0 Å². The van der Waals surface area contributed by atoms with Crippen molar-refractivity contribution in [2.24, 2.45) is 0 Å². The van der Waals surface area contributed by atoms with Gasteiger partial charge in [-0.1, -0.05) is 109 Å². The Morgan fingerprint density at radius 3 is 1.60 bits per heavy atom. The maximum Gasteiger partial charge on any atom is 0.164 e. The summed E-state index contributed by atoms with van der Waals surface area (Å²) in [6.45, 7) is 0. The van der Waals surface area contributed by atoms with Crippen molar-refractivity contribution in [1.82, 2.24) is 24.5 Å². The topological polar surface area (TPSA) is 56.5 Å². The standard InChI is InChI=1S/C44H27N5S/c1-4-12-28(13-5-1)35-25-26-36-40(45-35)34-24-27-38-39(33-18-10-11-19-37(33)50-38)41(34)49(36)32-22-20-31(21-23-32)44-47-42(29-14-6-2-7-15-29)46-43(48-44)30-16-8-3-9-17-30/h1-27H. The fourth-order valence-corrected chi connectivity index (χ4v) is 8.02. The quantitative estimate of drug-likeness (QED) is 0.185. The first-order valence-corrected chi connectivity index (χ1v) is 17.4. The summed E-state index contributed by atoms with van der Waals surface area (Å²) in [6.07, 6.45) is 0. The molecule has 0 spiro atoms. The van der Waals surface area contributed by atoms with Crippen molar-refractivity contribution in [3.8, 4) is 51.1 Å². The summed E-state index contributed by atoms with van der Waals surface area (Å²) in [7, 11) is 0. The van der Waals surface area contributed by atoms with Gasteiger partial charge in [-0.05, 0) is 54.6 Å². The molecule has 0 aliphatic heterocycles. The van der Waals surface area contributed by atoms with E-state index in [0.717, 1.165) is 50.1 Å². The van der Waals surface area contributed by atoms with Crippen LogP contribution in [0.25, 0.3) is 93.2 Å². The van der Waals surface area contributed by atoms with E-state index in [1.165, 1.54) is 25.7 Å². The number of rotatable bonds is 5. The van der Waals surface area contributed by atoms with E-state index < -0.39 is 0 Å². The molecule has 10 rings (SSSR count). The Labute approximate surface area is 291 Å². The maximum atomic E-state index is 5.29. The van der Waals surface area contributed by atoms with Crippen LogP contribution in [0.3, 0.4) is 0 Å². The Morgan fingerprint density at radius 1 is 0.400 bits per heavy atom. The van der Waals surface area contributed by atoms with Gasteiger partial charge in [0, 0.05) is 53.5 Å². The van der Waals surface area contributed by atoms with Crippen molar-refractivity contribution in [3.05, 3.63) is 164 Å². The van der Waals surface area contributed by atoms with Gasteiger partial charge in [0.05, 0.1) is 22.2 Å². The fraction of sp³-hybridized carbons (Fsp3) is 0. The molecule has 6 heteroatoms. The summed E-state index contributed by atoms with van der Waals surface area (Å²) in [5.74, 6) is 1.92. The summed E-state index contributed by atoms with van der Waals surface area (Å²) < 4.78 is 4.91. The van der Waals surface area contributed by atoms with Crippen molar-refractivity contribution in [2.75, 3.05) is 0 Å². The molecule has 0 saturated carbocycles. The number of aromatic nitrogens is 5. The van der Waals surface area contributed by atoms with E-state index in [-0.39, 0.29) is 0 Å². The molecule has 4 aromatic heterocycles. The molecule has 0 fully saturated rings. The number of hydrogen-bond donors (Lipinski definition) is 0. The molecule has 0 aliphatic carbocycles. The van der Waals surface area contributed by atoms with Gasteiger partial charge in [-0.15, -0.1) is 11.3 Å². The number of pyridine rings is 1. The predicted octanol–water partition coefficient (Wildman–Crippen LogP) is 11.4. The van der Waals surface area contributed by atoms with Crippen LogP contribution in [0.2, 0.25) is 0 Å². The minimum atomic E-state index is 0.631. The van der Waals surface area contributed by atoms with E-state index in [9.17, 15) is 0 Å². The van der Waals surface area contributed by atoms with Crippen molar-refractivity contribution >= 4 is 53.4 Å². The van der Waals surface area contributed by atoms with Crippen molar-refractivity contribution < 1.29 is 0 Å². The highest BCUT2D eigenvalue weighted by Gasteiger charge is 2.20. The third-order valence-corrected chi connectivity index (χ3v) is 10.4. The van der Waals surface area contributed by atoms with Gasteiger partial charge >= 0.3 is 0 Å². The lowest BCUT2D eigenvalue weighted by molar-refractivity contribution is 1.07. The zero-order valence-corrected chi connectivity index (χ0v) is 27.5. The lowest BCUT2D eigenvalue weighted by Crippen LogP contribution is -2.00. The molecule has 0 amide bonds. The fourth-order valence-electron chi connectivity index (χ4n) is 6.91. The molecule has 10 aromatic rings. The molecule has 0 atom stereocenters. The van der Waals surface area contributed by atoms with Gasteiger partial charge in [-0.25, -0.2) is 19.9 Å². The van der Waals surface area contributed by atoms with Gasteiger partial charge in [-0.3, -0.25) is 0 Å². The van der Waals surface area contributed by atoms with E-state index in [2.05, 4.69) is 102 Å². The second kappa shape index (κ2) is 11.6. The molecule has 4 heterocycles. The highest BCUT2D eigenvalue weighted by molar-refractivity contribution is 7.26. The Morgan fingerprint density at radius 2 is 0.960 bits per heavy atom. The number of hydrogen-bond acceptors (Lipinski definition) is 5. The van der Waals surface area contributed by atoms with Gasteiger partial charge in [0.15, 0.2) is 17.5 Å². The van der Waals surface area contributed by atoms with E-state index in [4.69, 9.17) is 19.9 Å². The summed E-state index contributed by atoms with van der Waals surface area (Å²) in [6, 6.07) is 56.6. The highest BCUT2D eigenvalue weighted by Crippen LogP contribution is 2.43. The van der Waals surface area contributed by atoms with Gasteiger partial charge in [-0.2, -0.15) is 0 Å². The molecule has 5 nitrogen and oxygen atoms in total. The van der Waals surface area contributed by atoms with Crippen molar-refractivity contribution in [3.63, 3.8) is 0 Å². The van der Waals surface area contributed by atoms with E-state index in [1.807, 2.05) is 78.1 Å². The van der Waals surface area contributed by atoms with Crippen LogP contribution in [0.4, 0.5) is 0 Å². The maximum absolute atomic E-state index is 5.29. The Hall–Kier alpha value is -6.50. The van der Waals surface area contributed by atoms with Crippen LogP contribution in [-0.2, 0) is 0 Å². The summed E-state index contributed by atoms with van der Waals surface area (Å²) >= 11 is 1.83. The summed E-state index contributed by atoms with van der Waals surface area (Å²) in [4.78, 5) is 20.1. The third-order valence-electron chi connectivity index (χ3n) is 9.26. The Kier molecular flexibility index (Phi) is 6.60. The average Bonchev–Trinajstić information content (AvgIpc) is 3.74. The van der Waals surface area contributed by atoms with Crippen molar-refractivity contribution in [1.29, 1.82) is 0 Å². The molecular weight excluding hydrogens is 631 g/mol. The first kappa shape index (κ1) is 28.5. The monoisotopic (exact) mass is 657 g/mol. The smallest absolute Gasteiger partial charge is 0.164 e. The lowest BCUT2D eigenvalue weighted by atomic mass is 10.1. The second-order valence-electron chi connectivity index (χ2n) is 12.3. The number of fused-ring (bicyclic) bond motifs is 7. The number of benzene rings is 6. The molecular formula is C44H27N5S. The molecule has 0 aliphatic rings. The van der Waals surface area contributed by atoms with Crippen molar-refractivity contribution in [2.45, 2.75) is 0 Å². The van der Waals surface area contributed by atoms with Gasteiger partial charge in [0.1, 0.15) is 0 Å². The van der Waals surface area contributed by atoms with Gasteiger partial charge in [0.25, 0.3) is 0 Å². The van der Waals surface area contributed by atoms with Crippen LogP contribution in [-0.4, -0.2) is 24.5 Å². The Bertz CT molecular complexity index is 2780. The second-order valence-corrected chi connectivity index (χ2v) is 13.4. The SMILES string of the molecule is c1ccc(-c2ccc3c(n2)c2ccc4sc5ccccc5c4c2n3-c2ccc(-c3nc(-c4ccccc4)nc(-c4ccccc4)n3)cc2)cc1. The normalized spacial score (nSPS) is 11.6. The summed E-state index contributed by atoms with van der Waals surface area (Å²) in [5.41, 5.74) is 9.14. The number of nitrogens with zero attached hydrogens (tertiary/aromatic N) is 5. The van der Waals surface area contributed by atoms with Crippen LogP contribution in [0.15, 0.2) is 164 Å². The van der Waals surface area contributed by atoms with E-state index in [1.54, 1.807) is 0 Å². The lowest BCUT2D eigenvalue weighted by Gasteiger charge is -2.11. The molecule has 234 valence electrons. The van der Waals surface area contributed by atoms with Crippen LogP contribution in [0, 0.1) is 0 Å². The minimum Gasteiger partial charge on any atom is -0.307 e. The molecule has 6 aromatic carbocycles. The first-order chi connectivity index (χ1) is 24.8. The van der Waals surface area contributed by atoms with Crippen LogP contribution in [0.1, 0.15) is 0 Å². The van der Waals surface area contributed by atoms with Crippen LogP contribution in [0.5, 0.6) is 0 Å². The summed E-state index contributed by atoms with van der Waals surface area (Å²) in [5, 5.41) is 3.65. The zero-order valence-electron chi connectivity index (χ0n) is 26.7. The van der Waals surface area contributed by atoms with Crippen LogP contribution < -0.4 is 0 Å². The molecule has 0 N–H and O–H groups in total.